The summed E-state index contributed by atoms with van der Waals surface area (Å²) in [5, 5.41) is 0. The molecule has 268 valence electrons. The van der Waals surface area contributed by atoms with Crippen LogP contribution >= 0.6 is 0 Å². The summed E-state index contributed by atoms with van der Waals surface area (Å²) in [6, 6.07) is 87.4. The van der Waals surface area contributed by atoms with E-state index in [1.807, 2.05) is 0 Å². The largest absolute Gasteiger partial charge is 0.310 e. The van der Waals surface area contributed by atoms with Gasteiger partial charge in [0.1, 0.15) is 0 Å². The molecule has 0 saturated heterocycles. The van der Waals surface area contributed by atoms with Gasteiger partial charge in [-0.05, 0) is 103 Å². The second-order valence-corrected chi connectivity index (χ2v) is 15.2. The smallest absolute Gasteiger partial charge is 0.0720 e. The van der Waals surface area contributed by atoms with Crippen LogP contribution in [-0.4, -0.2) is 0 Å². The van der Waals surface area contributed by atoms with Gasteiger partial charge in [-0.15, -0.1) is 0 Å². The number of nitrogens with zero attached hydrogens (tertiary/aromatic N) is 1. The zero-order valence-corrected chi connectivity index (χ0v) is 31.5. The molecule has 0 spiro atoms. The van der Waals surface area contributed by atoms with Gasteiger partial charge >= 0.3 is 0 Å². The van der Waals surface area contributed by atoms with E-state index in [1.165, 1.54) is 66.8 Å². The van der Waals surface area contributed by atoms with Crippen molar-refractivity contribution in [3.05, 3.63) is 281 Å². The molecule has 0 bridgehead atoms. The molecule has 0 radical (unpaired) electrons. The average Bonchev–Trinajstić information content (AvgIpc) is 3.61. The Balaban J connectivity index is 1.20. The highest BCUT2D eigenvalue weighted by Gasteiger charge is 2.57. The molecule has 0 amide bonds. The summed E-state index contributed by atoms with van der Waals surface area (Å²) in [5.74, 6) is 0. The summed E-state index contributed by atoms with van der Waals surface area (Å²) in [6.07, 6.45) is 0. The van der Waals surface area contributed by atoms with Gasteiger partial charge in [0.05, 0.1) is 10.8 Å². The molecule has 0 aromatic heterocycles. The summed E-state index contributed by atoms with van der Waals surface area (Å²) in [7, 11) is 0. The Hall–Kier alpha value is -7.22. The third-order valence-corrected chi connectivity index (χ3v) is 12.4. The highest BCUT2D eigenvalue weighted by molar-refractivity contribution is 5.92. The third kappa shape index (κ3) is 4.82. The molecular weight excluding hydrogens is 687 g/mol. The molecule has 2 unspecified atom stereocenters. The molecule has 1 nitrogen and oxygen atoms in total. The van der Waals surface area contributed by atoms with Gasteiger partial charge < -0.3 is 4.90 Å². The number of benzene rings is 9. The van der Waals surface area contributed by atoms with Gasteiger partial charge in [0.15, 0.2) is 0 Å². The summed E-state index contributed by atoms with van der Waals surface area (Å²) >= 11 is 0. The third-order valence-electron chi connectivity index (χ3n) is 12.4. The molecule has 1 heteroatoms. The molecule has 2 atom stereocenters. The molecule has 9 aromatic rings. The van der Waals surface area contributed by atoms with E-state index in [0.29, 0.717) is 0 Å². The fourth-order valence-corrected chi connectivity index (χ4v) is 10.2. The fourth-order valence-electron chi connectivity index (χ4n) is 10.2. The van der Waals surface area contributed by atoms with Crippen LogP contribution in [0.25, 0.3) is 22.3 Å². The highest BCUT2D eigenvalue weighted by Crippen LogP contribution is 2.65. The number of hydrogen-bond acceptors (Lipinski definition) is 1. The number of rotatable bonds is 7. The van der Waals surface area contributed by atoms with E-state index in [-0.39, 0.29) is 0 Å². The molecule has 11 rings (SSSR count). The normalized spacial score (nSPS) is 17.3. The van der Waals surface area contributed by atoms with Gasteiger partial charge in [-0.2, -0.15) is 0 Å². The second-order valence-electron chi connectivity index (χ2n) is 15.2. The van der Waals surface area contributed by atoms with Gasteiger partial charge in [-0.25, -0.2) is 0 Å². The first-order chi connectivity index (χ1) is 28.3. The Morgan fingerprint density at radius 3 is 1.39 bits per heavy atom. The minimum absolute atomic E-state index is 0.479. The van der Waals surface area contributed by atoms with Crippen molar-refractivity contribution in [2.45, 2.75) is 10.8 Å². The summed E-state index contributed by atoms with van der Waals surface area (Å²) in [4.78, 5) is 2.39. The summed E-state index contributed by atoms with van der Waals surface area (Å²) in [6.45, 7) is 0. The zero-order valence-electron chi connectivity index (χ0n) is 31.5. The van der Waals surface area contributed by atoms with Crippen LogP contribution in [0, 0.1) is 0 Å². The number of hydrogen-bond donors (Lipinski definition) is 0. The predicted molar refractivity (Wildman–Crippen MR) is 236 cm³/mol. The van der Waals surface area contributed by atoms with E-state index in [1.54, 1.807) is 0 Å². The van der Waals surface area contributed by atoms with E-state index in [4.69, 9.17) is 0 Å². The predicted octanol–water partition coefficient (Wildman–Crippen LogP) is 13.9. The van der Waals surface area contributed by atoms with E-state index in [2.05, 4.69) is 241 Å². The molecule has 9 aromatic carbocycles. The molecular formula is C56H39N. The van der Waals surface area contributed by atoms with Crippen molar-refractivity contribution in [1.82, 2.24) is 0 Å². The lowest BCUT2D eigenvalue weighted by atomic mass is 9.51. The quantitative estimate of drug-likeness (QED) is 0.158. The summed E-state index contributed by atoms with van der Waals surface area (Å²) in [5.41, 5.74) is 17.7. The summed E-state index contributed by atoms with van der Waals surface area (Å²) < 4.78 is 0. The Labute approximate surface area is 334 Å². The molecule has 57 heavy (non-hydrogen) atoms. The van der Waals surface area contributed by atoms with Gasteiger partial charge in [-0.3, -0.25) is 0 Å². The van der Waals surface area contributed by atoms with E-state index < -0.39 is 10.8 Å². The fraction of sp³-hybridized carbons (Fsp3) is 0.0357. The molecule has 0 fully saturated rings. The number of para-hydroxylation sites is 1. The first-order valence-corrected chi connectivity index (χ1v) is 19.9. The topological polar surface area (TPSA) is 3.24 Å². The van der Waals surface area contributed by atoms with Gasteiger partial charge in [0.2, 0.25) is 0 Å². The van der Waals surface area contributed by atoms with Crippen LogP contribution in [0.3, 0.4) is 0 Å². The van der Waals surface area contributed by atoms with Crippen molar-refractivity contribution in [3.63, 3.8) is 0 Å². The molecule has 0 heterocycles. The second kappa shape index (κ2) is 13.2. The molecule has 2 aliphatic carbocycles. The van der Waals surface area contributed by atoms with Crippen LogP contribution in [0.1, 0.15) is 44.5 Å². The van der Waals surface area contributed by atoms with Crippen molar-refractivity contribution in [1.29, 1.82) is 0 Å². The van der Waals surface area contributed by atoms with Crippen molar-refractivity contribution >= 4 is 17.1 Å². The van der Waals surface area contributed by atoms with Crippen LogP contribution in [-0.2, 0) is 10.8 Å². The van der Waals surface area contributed by atoms with Crippen molar-refractivity contribution in [2.75, 3.05) is 4.90 Å². The first-order valence-electron chi connectivity index (χ1n) is 19.9. The molecule has 2 aliphatic rings. The zero-order chi connectivity index (χ0) is 37.8. The first kappa shape index (κ1) is 33.1. The number of fused-ring (bicyclic) bond motifs is 5. The lowest BCUT2D eigenvalue weighted by molar-refractivity contribution is 0.627. The minimum Gasteiger partial charge on any atom is -0.310 e. The average molecular weight is 726 g/mol. The van der Waals surface area contributed by atoms with Crippen LogP contribution in [0.15, 0.2) is 237 Å². The van der Waals surface area contributed by atoms with Crippen molar-refractivity contribution in [2.24, 2.45) is 0 Å². The molecule has 0 N–H and O–H groups in total. The maximum atomic E-state index is 2.44. The monoisotopic (exact) mass is 725 g/mol. The lowest BCUT2D eigenvalue weighted by Gasteiger charge is -2.49. The van der Waals surface area contributed by atoms with E-state index in [9.17, 15) is 0 Å². The van der Waals surface area contributed by atoms with Gasteiger partial charge in [0.25, 0.3) is 0 Å². The Bertz CT molecular complexity index is 2880. The Kier molecular flexibility index (Phi) is 7.69. The molecule has 0 aliphatic heterocycles. The van der Waals surface area contributed by atoms with Gasteiger partial charge in [0, 0.05) is 17.1 Å². The SMILES string of the molecule is c1ccc(-c2ccc(N(c3ccccc3)c3cccc(C4(c5ccccc5)c5ccccc5C5(c6ccccc6)c6ccccc6-c6cccc4c65)c3)cc2)cc1. The van der Waals surface area contributed by atoms with E-state index >= 15 is 0 Å². The van der Waals surface area contributed by atoms with Crippen LogP contribution in [0.2, 0.25) is 0 Å². The van der Waals surface area contributed by atoms with Crippen LogP contribution in [0.4, 0.5) is 17.1 Å². The minimum atomic E-state index is -0.626. The maximum absolute atomic E-state index is 2.44. The Morgan fingerprint density at radius 2 is 0.702 bits per heavy atom. The molecule has 0 saturated carbocycles. The van der Waals surface area contributed by atoms with Gasteiger partial charge in [-0.1, -0.05) is 200 Å². The standard InChI is InChI=1S/C56H39N/c1-5-19-40(20-6-1)41-35-37-46(38-36-41)57(45-26-11-4-12-27-45)47-28-17-25-44(39-47)55(42-21-7-2-8-22-42)51-32-15-16-33-52(51)56(43-23-9-3-10-24-43)50-31-14-13-29-48(50)49-30-18-34-53(55)54(49)56/h1-39H. The van der Waals surface area contributed by atoms with Crippen molar-refractivity contribution in [3.8, 4) is 22.3 Å². The van der Waals surface area contributed by atoms with E-state index in [0.717, 1.165) is 17.1 Å². The number of anilines is 3. The maximum Gasteiger partial charge on any atom is 0.0720 e. The van der Waals surface area contributed by atoms with Crippen molar-refractivity contribution < 1.29 is 0 Å². The van der Waals surface area contributed by atoms with Crippen LogP contribution in [0.5, 0.6) is 0 Å². The highest BCUT2D eigenvalue weighted by atomic mass is 15.1. The Morgan fingerprint density at radius 1 is 0.263 bits per heavy atom. The van der Waals surface area contributed by atoms with Crippen LogP contribution < -0.4 is 4.90 Å². The lowest BCUT2D eigenvalue weighted by Crippen LogP contribution is -2.44.